The summed E-state index contributed by atoms with van der Waals surface area (Å²) in [6, 6.07) is 0. The summed E-state index contributed by atoms with van der Waals surface area (Å²) in [5, 5.41) is 7.64. The third kappa shape index (κ3) is 2.83. The van der Waals surface area contributed by atoms with Gasteiger partial charge in [-0.1, -0.05) is 0 Å². The highest BCUT2D eigenvalue weighted by Gasteiger charge is 2.38. The van der Waals surface area contributed by atoms with Crippen molar-refractivity contribution in [2.45, 2.75) is 32.2 Å². The Labute approximate surface area is 121 Å². The quantitative estimate of drug-likeness (QED) is 0.549. The first-order valence-electron chi connectivity index (χ1n) is 7.11. The number of nitrogens with zero attached hydrogens (tertiary/aromatic N) is 3. The Balaban J connectivity index is 1.99. The van der Waals surface area contributed by atoms with Crippen LogP contribution in [0.1, 0.15) is 26.7 Å². The van der Waals surface area contributed by atoms with E-state index in [9.17, 15) is 8.42 Å². The first-order chi connectivity index (χ1) is 9.26. The highest BCUT2D eigenvalue weighted by Crippen LogP contribution is 2.21. The molecule has 0 aromatic heterocycles. The molecular weight excluding hydrogens is 278 g/mol. The van der Waals surface area contributed by atoms with Crippen molar-refractivity contribution in [3.63, 3.8) is 0 Å². The summed E-state index contributed by atoms with van der Waals surface area (Å²) >= 11 is 0. The molecule has 0 aromatic carbocycles. The van der Waals surface area contributed by atoms with Gasteiger partial charge in [0.15, 0.2) is 0 Å². The van der Waals surface area contributed by atoms with Gasteiger partial charge in [0.1, 0.15) is 5.84 Å². The van der Waals surface area contributed by atoms with Crippen LogP contribution in [0.5, 0.6) is 0 Å². The molecule has 20 heavy (non-hydrogen) atoms. The SMILES string of the molecule is CC(C)(C(=N)N)N1CCN(S(=O)(=O)N2CCCC2)CC1. The normalized spacial score (nSPS) is 24.1. The molecule has 8 heteroatoms. The predicted molar refractivity (Wildman–Crippen MR) is 78.9 cm³/mol. The second-order valence-corrected chi connectivity index (χ2v) is 7.90. The lowest BCUT2D eigenvalue weighted by molar-refractivity contribution is 0.118. The monoisotopic (exact) mass is 303 g/mol. The van der Waals surface area contributed by atoms with Crippen LogP contribution in [0.2, 0.25) is 0 Å². The zero-order chi connectivity index (χ0) is 15.0. The van der Waals surface area contributed by atoms with E-state index in [0.717, 1.165) is 12.8 Å². The second kappa shape index (κ2) is 5.59. The minimum Gasteiger partial charge on any atom is -0.386 e. The summed E-state index contributed by atoms with van der Waals surface area (Å²) in [6.45, 7) is 7.24. The summed E-state index contributed by atoms with van der Waals surface area (Å²) in [5.74, 6) is 0.119. The van der Waals surface area contributed by atoms with E-state index in [1.54, 1.807) is 8.61 Å². The van der Waals surface area contributed by atoms with Crippen LogP contribution in [-0.2, 0) is 10.2 Å². The third-order valence-electron chi connectivity index (χ3n) is 4.41. The molecule has 0 amide bonds. The van der Waals surface area contributed by atoms with Gasteiger partial charge in [-0.2, -0.15) is 17.0 Å². The number of hydrogen-bond acceptors (Lipinski definition) is 4. The maximum Gasteiger partial charge on any atom is 0.282 e. The first kappa shape index (κ1) is 15.7. The molecule has 116 valence electrons. The Morgan fingerprint density at radius 3 is 1.90 bits per heavy atom. The molecule has 0 radical (unpaired) electrons. The number of amidine groups is 1. The van der Waals surface area contributed by atoms with Crippen molar-refractivity contribution >= 4 is 16.0 Å². The molecule has 0 aliphatic carbocycles. The molecule has 2 aliphatic heterocycles. The average molecular weight is 303 g/mol. The largest absolute Gasteiger partial charge is 0.386 e. The summed E-state index contributed by atoms with van der Waals surface area (Å²) < 4.78 is 28.0. The number of nitrogens with one attached hydrogen (secondary N) is 1. The first-order valence-corrected chi connectivity index (χ1v) is 8.51. The molecule has 3 N–H and O–H groups in total. The van der Waals surface area contributed by atoms with E-state index in [1.807, 2.05) is 13.8 Å². The molecule has 2 heterocycles. The summed E-state index contributed by atoms with van der Waals surface area (Å²) in [5.41, 5.74) is 5.11. The van der Waals surface area contributed by atoms with Crippen LogP contribution in [0.4, 0.5) is 0 Å². The standard InChI is InChI=1S/C12H25N5O2S/c1-12(2,11(13)14)15-7-9-17(10-8-15)20(18,19)16-5-3-4-6-16/h3-10H2,1-2H3,(H3,13,14). The molecule has 7 nitrogen and oxygen atoms in total. The van der Waals surface area contributed by atoms with Gasteiger partial charge in [-0.3, -0.25) is 10.3 Å². The molecule has 0 aromatic rings. The van der Waals surface area contributed by atoms with Crippen molar-refractivity contribution in [1.82, 2.24) is 13.5 Å². The van der Waals surface area contributed by atoms with E-state index in [1.165, 1.54) is 0 Å². The Bertz CT molecular complexity index is 462. The van der Waals surface area contributed by atoms with Gasteiger partial charge < -0.3 is 5.73 Å². The maximum atomic E-state index is 12.4. The van der Waals surface area contributed by atoms with E-state index in [0.29, 0.717) is 39.3 Å². The molecule has 0 saturated carbocycles. The fourth-order valence-electron chi connectivity index (χ4n) is 2.73. The van der Waals surface area contributed by atoms with Crippen LogP contribution in [0.15, 0.2) is 0 Å². The smallest absolute Gasteiger partial charge is 0.282 e. The van der Waals surface area contributed by atoms with E-state index >= 15 is 0 Å². The summed E-state index contributed by atoms with van der Waals surface area (Å²) in [4.78, 5) is 2.07. The van der Waals surface area contributed by atoms with Crippen molar-refractivity contribution in [1.29, 1.82) is 5.41 Å². The molecule has 0 bridgehead atoms. The van der Waals surface area contributed by atoms with Crippen LogP contribution in [0.3, 0.4) is 0 Å². The van der Waals surface area contributed by atoms with Crippen molar-refractivity contribution in [3.8, 4) is 0 Å². The van der Waals surface area contributed by atoms with E-state index in [-0.39, 0.29) is 5.84 Å². The van der Waals surface area contributed by atoms with Gasteiger partial charge in [0.2, 0.25) is 0 Å². The second-order valence-electron chi connectivity index (χ2n) is 5.97. The summed E-state index contributed by atoms with van der Waals surface area (Å²) in [6.07, 6.45) is 1.91. The van der Waals surface area contributed by atoms with E-state index in [2.05, 4.69) is 4.90 Å². The highest BCUT2D eigenvalue weighted by molar-refractivity contribution is 7.86. The van der Waals surface area contributed by atoms with E-state index in [4.69, 9.17) is 11.1 Å². The van der Waals surface area contributed by atoms with Gasteiger partial charge in [-0.05, 0) is 26.7 Å². The minimum atomic E-state index is -3.30. The lowest BCUT2D eigenvalue weighted by Gasteiger charge is -2.43. The molecule has 0 atom stereocenters. The van der Waals surface area contributed by atoms with Crippen LogP contribution in [0, 0.1) is 5.41 Å². The number of hydrogen-bond donors (Lipinski definition) is 2. The molecule has 0 unspecified atom stereocenters. The molecule has 2 aliphatic rings. The van der Waals surface area contributed by atoms with Crippen molar-refractivity contribution in [2.24, 2.45) is 5.73 Å². The number of rotatable bonds is 4. The lowest BCUT2D eigenvalue weighted by atomic mass is 10.0. The Kier molecular flexibility index (Phi) is 4.38. The zero-order valence-electron chi connectivity index (χ0n) is 12.3. The Hall–Kier alpha value is -0.700. The predicted octanol–water partition coefficient (Wildman–Crippen LogP) is -0.341. The molecule has 0 spiro atoms. The van der Waals surface area contributed by atoms with Gasteiger partial charge in [-0.25, -0.2) is 0 Å². The molecule has 2 fully saturated rings. The minimum absolute atomic E-state index is 0.119. The van der Waals surface area contributed by atoms with Crippen molar-refractivity contribution in [3.05, 3.63) is 0 Å². The zero-order valence-corrected chi connectivity index (χ0v) is 13.1. The fraction of sp³-hybridized carbons (Fsp3) is 0.917. The number of nitrogens with two attached hydrogens (primary N) is 1. The van der Waals surface area contributed by atoms with Crippen molar-refractivity contribution < 1.29 is 8.42 Å². The van der Waals surface area contributed by atoms with Crippen LogP contribution < -0.4 is 5.73 Å². The fourth-order valence-corrected chi connectivity index (χ4v) is 4.40. The molecule has 2 saturated heterocycles. The van der Waals surface area contributed by atoms with E-state index < -0.39 is 15.7 Å². The topological polar surface area (TPSA) is 93.7 Å². The maximum absolute atomic E-state index is 12.4. The number of piperazine rings is 1. The van der Waals surface area contributed by atoms with Gasteiger partial charge in [0, 0.05) is 39.3 Å². The van der Waals surface area contributed by atoms with Gasteiger partial charge in [-0.15, -0.1) is 0 Å². The van der Waals surface area contributed by atoms with Gasteiger partial charge in [0.05, 0.1) is 5.54 Å². The summed E-state index contributed by atoms with van der Waals surface area (Å²) in [7, 11) is -3.30. The van der Waals surface area contributed by atoms with Crippen molar-refractivity contribution in [2.75, 3.05) is 39.3 Å². The Morgan fingerprint density at radius 2 is 1.45 bits per heavy atom. The highest BCUT2D eigenvalue weighted by atomic mass is 32.2. The van der Waals surface area contributed by atoms with Crippen LogP contribution in [-0.4, -0.2) is 72.6 Å². The van der Waals surface area contributed by atoms with Gasteiger partial charge >= 0.3 is 0 Å². The molecule has 2 rings (SSSR count). The van der Waals surface area contributed by atoms with Crippen LogP contribution >= 0.6 is 0 Å². The third-order valence-corrected chi connectivity index (χ3v) is 6.44. The lowest BCUT2D eigenvalue weighted by Crippen LogP contribution is -2.61. The van der Waals surface area contributed by atoms with Crippen LogP contribution in [0.25, 0.3) is 0 Å². The van der Waals surface area contributed by atoms with Gasteiger partial charge in [0.25, 0.3) is 10.2 Å². The Morgan fingerprint density at radius 1 is 1.00 bits per heavy atom. The average Bonchev–Trinajstić information content (AvgIpc) is 2.93. The molecular formula is C12H25N5O2S.